The van der Waals surface area contributed by atoms with Crippen molar-refractivity contribution in [2.24, 2.45) is 0 Å². The highest BCUT2D eigenvalue weighted by molar-refractivity contribution is 7.84. The lowest BCUT2D eigenvalue weighted by Crippen LogP contribution is -2.36. The van der Waals surface area contributed by atoms with Crippen molar-refractivity contribution in [2.75, 3.05) is 26.5 Å². The second kappa shape index (κ2) is 9.82. The number of carbonyl (C=O) groups excluding carboxylic acids is 1. The lowest BCUT2D eigenvalue weighted by molar-refractivity contribution is -0.125. The first-order valence-corrected chi connectivity index (χ1v) is 9.69. The molecule has 0 spiro atoms. The van der Waals surface area contributed by atoms with E-state index in [-0.39, 0.29) is 24.0 Å². The van der Waals surface area contributed by atoms with E-state index >= 15 is 0 Å². The van der Waals surface area contributed by atoms with Crippen LogP contribution >= 0.6 is 11.6 Å². The molecule has 1 atom stereocenters. The number of aryl methyl sites for hydroxylation is 1. The number of nitrogens with one attached hydrogen (secondary N) is 1. The van der Waals surface area contributed by atoms with Crippen molar-refractivity contribution in [3.05, 3.63) is 40.7 Å². The number of oxazole rings is 1. The van der Waals surface area contributed by atoms with Crippen LogP contribution in [0.2, 0.25) is 5.02 Å². The smallest absolute Gasteiger partial charge is 0.232 e. The minimum atomic E-state index is -1.43. The summed E-state index contributed by atoms with van der Waals surface area (Å²) in [5.74, 6) is 0.536. The van der Waals surface area contributed by atoms with Crippen molar-refractivity contribution in [1.29, 1.82) is 0 Å². The Morgan fingerprint density at radius 2 is 2.04 bits per heavy atom. The molecular formula is C17H21ClN2O5S. The monoisotopic (exact) mass is 400 g/mol. The van der Waals surface area contributed by atoms with E-state index in [0.717, 1.165) is 0 Å². The SMILES string of the molecule is COC(CNC(=O)C[S@@](=O)Cc1nc(-c2ccccc2Cl)oc1C)OC. The Hall–Kier alpha value is -1.74. The third kappa shape index (κ3) is 5.63. The van der Waals surface area contributed by atoms with Gasteiger partial charge in [0.2, 0.25) is 11.8 Å². The molecule has 0 fully saturated rings. The number of amides is 1. The molecule has 9 heteroatoms. The van der Waals surface area contributed by atoms with E-state index in [1.807, 2.05) is 12.1 Å². The van der Waals surface area contributed by atoms with Crippen LogP contribution in [0.3, 0.4) is 0 Å². The Bertz CT molecular complexity index is 776. The number of methoxy groups -OCH3 is 2. The maximum absolute atomic E-state index is 12.3. The Labute approximate surface area is 159 Å². The Balaban J connectivity index is 1.95. The molecule has 1 N–H and O–H groups in total. The van der Waals surface area contributed by atoms with Crippen LogP contribution in [-0.4, -0.2) is 47.9 Å². The van der Waals surface area contributed by atoms with E-state index in [4.69, 9.17) is 25.5 Å². The molecule has 1 aromatic heterocycles. The van der Waals surface area contributed by atoms with E-state index in [2.05, 4.69) is 10.3 Å². The molecule has 26 heavy (non-hydrogen) atoms. The van der Waals surface area contributed by atoms with Gasteiger partial charge in [0.15, 0.2) is 6.29 Å². The van der Waals surface area contributed by atoms with E-state index in [1.54, 1.807) is 19.1 Å². The summed E-state index contributed by atoms with van der Waals surface area (Å²) in [6, 6.07) is 7.18. The summed E-state index contributed by atoms with van der Waals surface area (Å²) < 4.78 is 27.8. The predicted molar refractivity (Wildman–Crippen MR) is 99.2 cm³/mol. The maximum atomic E-state index is 12.3. The first-order valence-electron chi connectivity index (χ1n) is 7.83. The quantitative estimate of drug-likeness (QED) is 0.649. The summed E-state index contributed by atoms with van der Waals surface area (Å²) in [5.41, 5.74) is 1.20. The van der Waals surface area contributed by atoms with Crippen molar-refractivity contribution in [2.45, 2.75) is 19.0 Å². The zero-order valence-corrected chi connectivity index (χ0v) is 16.4. The van der Waals surface area contributed by atoms with Gasteiger partial charge in [-0.25, -0.2) is 4.98 Å². The third-order valence-electron chi connectivity index (χ3n) is 3.58. The Morgan fingerprint density at radius 3 is 2.69 bits per heavy atom. The van der Waals surface area contributed by atoms with Gasteiger partial charge in [-0.1, -0.05) is 23.7 Å². The zero-order valence-electron chi connectivity index (χ0n) is 14.8. The van der Waals surface area contributed by atoms with Crippen LogP contribution in [0.1, 0.15) is 11.5 Å². The molecular weight excluding hydrogens is 380 g/mol. The number of hydrogen-bond acceptors (Lipinski definition) is 6. The molecule has 0 unspecified atom stereocenters. The van der Waals surface area contributed by atoms with Crippen LogP contribution in [0.15, 0.2) is 28.7 Å². The molecule has 1 amide bonds. The van der Waals surface area contributed by atoms with Gasteiger partial charge in [0, 0.05) is 25.0 Å². The lowest BCUT2D eigenvalue weighted by Gasteiger charge is -2.13. The van der Waals surface area contributed by atoms with Crippen molar-refractivity contribution in [3.8, 4) is 11.5 Å². The molecule has 1 heterocycles. The molecule has 0 aliphatic carbocycles. The fourth-order valence-electron chi connectivity index (χ4n) is 2.17. The summed E-state index contributed by atoms with van der Waals surface area (Å²) in [4.78, 5) is 16.2. The van der Waals surface area contributed by atoms with Gasteiger partial charge in [0.05, 0.1) is 28.6 Å². The molecule has 1 aromatic carbocycles. The van der Waals surface area contributed by atoms with Gasteiger partial charge < -0.3 is 19.2 Å². The number of nitrogens with zero attached hydrogens (tertiary/aromatic N) is 1. The molecule has 0 radical (unpaired) electrons. The summed E-state index contributed by atoms with van der Waals surface area (Å²) in [7, 11) is 1.52. The van der Waals surface area contributed by atoms with Crippen molar-refractivity contribution in [1.82, 2.24) is 10.3 Å². The molecule has 0 aliphatic rings. The average Bonchev–Trinajstić information content (AvgIpc) is 2.96. The van der Waals surface area contributed by atoms with Gasteiger partial charge >= 0.3 is 0 Å². The molecule has 0 bridgehead atoms. The highest BCUT2D eigenvalue weighted by atomic mass is 35.5. The highest BCUT2D eigenvalue weighted by Gasteiger charge is 2.17. The van der Waals surface area contributed by atoms with Gasteiger partial charge in [-0.2, -0.15) is 0 Å². The van der Waals surface area contributed by atoms with Gasteiger partial charge in [-0.3, -0.25) is 9.00 Å². The third-order valence-corrected chi connectivity index (χ3v) is 5.09. The minimum Gasteiger partial charge on any atom is -0.441 e. The summed E-state index contributed by atoms with van der Waals surface area (Å²) in [6.07, 6.45) is -0.539. The van der Waals surface area contributed by atoms with Crippen LogP contribution in [0, 0.1) is 6.92 Å². The second-order valence-electron chi connectivity index (χ2n) is 5.44. The topological polar surface area (TPSA) is 90.7 Å². The van der Waals surface area contributed by atoms with Crippen molar-refractivity contribution >= 4 is 28.3 Å². The molecule has 0 saturated carbocycles. The van der Waals surface area contributed by atoms with Gasteiger partial charge in [-0.15, -0.1) is 0 Å². The molecule has 0 aliphatic heterocycles. The fraction of sp³-hybridized carbons (Fsp3) is 0.412. The van der Waals surface area contributed by atoms with Crippen LogP contribution < -0.4 is 5.32 Å². The zero-order chi connectivity index (χ0) is 19.1. The van der Waals surface area contributed by atoms with Crippen LogP contribution in [0.4, 0.5) is 0 Å². The first kappa shape index (κ1) is 20.6. The molecule has 2 aromatic rings. The van der Waals surface area contributed by atoms with Gasteiger partial charge in [-0.05, 0) is 19.1 Å². The van der Waals surface area contributed by atoms with Crippen molar-refractivity contribution in [3.63, 3.8) is 0 Å². The maximum Gasteiger partial charge on any atom is 0.232 e. The number of rotatable bonds is 9. The standard InChI is InChI=1S/C17H21ClN2O5S/c1-11-14(20-17(25-11)12-6-4-5-7-13(12)18)9-26(22)10-15(21)19-8-16(23-2)24-3/h4-7,16H,8-10H2,1-3H3,(H,19,21)/t26-/m0/s1. The largest absolute Gasteiger partial charge is 0.441 e. The molecule has 0 saturated heterocycles. The van der Waals surface area contributed by atoms with E-state index < -0.39 is 17.1 Å². The Morgan fingerprint density at radius 1 is 1.35 bits per heavy atom. The number of hydrogen-bond donors (Lipinski definition) is 1. The number of halogens is 1. The number of ether oxygens (including phenoxy) is 2. The molecule has 2 rings (SSSR count). The summed E-state index contributed by atoms with van der Waals surface area (Å²) >= 11 is 6.15. The predicted octanol–water partition coefficient (Wildman–Crippen LogP) is 2.29. The summed E-state index contributed by atoms with van der Waals surface area (Å²) in [5, 5.41) is 3.13. The van der Waals surface area contributed by atoms with Crippen LogP contribution in [-0.2, 0) is 30.8 Å². The average molecular weight is 401 g/mol. The molecule has 7 nitrogen and oxygen atoms in total. The van der Waals surface area contributed by atoms with E-state index in [9.17, 15) is 9.00 Å². The van der Waals surface area contributed by atoms with E-state index in [1.165, 1.54) is 14.2 Å². The summed E-state index contributed by atoms with van der Waals surface area (Å²) in [6.45, 7) is 1.92. The van der Waals surface area contributed by atoms with E-state index in [0.29, 0.717) is 27.9 Å². The van der Waals surface area contributed by atoms with Gasteiger partial charge in [0.25, 0.3) is 0 Å². The van der Waals surface area contributed by atoms with Crippen LogP contribution in [0.5, 0.6) is 0 Å². The number of carbonyl (C=O) groups is 1. The second-order valence-corrected chi connectivity index (χ2v) is 7.30. The number of benzene rings is 1. The van der Waals surface area contributed by atoms with Gasteiger partial charge in [0.1, 0.15) is 11.5 Å². The minimum absolute atomic E-state index is 0.116. The van der Waals surface area contributed by atoms with Crippen LogP contribution in [0.25, 0.3) is 11.5 Å². The first-order chi connectivity index (χ1) is 12.4. The fourth-order valence-corrected chi connectivity index (χ4v) is 3.46. The number of aromatic nitrogens is 1. The highest BCUT2D eigenvalue weighted by Crippen LogP contribution is 2.28. The normalized spacial score (nSPS) is 12.3. The van der Waals surface area contributed by atoms with Crippen molar-refractivity contribution < 1.29 is 22.9 Å². The lowest BCUT2D eigenvalue weighted by atomic mass is 10.2. The Kier molecular flexibility index (Phi) is 7.77. The molecule has 142 valence electrons.